The largest absolute Gasteiger partial charge is 0.497 e. The number of hydrogen-bond acceptors (Lipinski definition) is 1. The van der Waals surface area contributed by atoms with E-state index >= 15 is 0 Å². The summed E-state index contributed by atoms with van der Waals surface area (Å²) in [4.78, 5) is -0.529. The smallest absolute Gasteiger partial charge is 0.131 e. The Labute approximate surface area is 119 Å². The van der Waals surface area contributed by atoms with Gasteiger partial charge in [0, 0.05) is 17.2 Å². The van der Waals surface area contributed by atoms with Crippen molar-refractivity contribution in [3.8, 4) is 5.75 Å². The lowest BCUT2D eigenvalue weighted by atomic mass is 10.0. The molecule has 0 aromatic heterocycles. The zero-order chi connectivity index (χ0) is 14.0. The molecule has 2 aromatic rings. The van der Waals surface area contributed by atoms with Gasteiger partial charge in [0.2, 0.25) is 0 Å². The molecule has 0 aliphatic rings. The van der Waals surface area contributed by atoms with Gasteiger partial charge in [0.05, 0.1) is 11.9 Å². The van der Waals surface area contributed by atoms with Gasteiger partial charge in [0.15, 0.2) is 0 Å². The molecule has 2 rings (SSSR count). The first-order chi connectivity index (χ1) is 9.02. The van der Waals surface area contributed by atoms with Gasteiger partial charge in [-0.2, -0.15) is 0 Å². The molecule has 19 heavy (non-hydrogen) atoms. The van der Waals surface area contributed by atoms with Gasteiger partial charge in [0.25, 0.3) is 0 Å². The maximum absolute atomic E-state index is 14.0. The molecule has 0 amide bonds. The fourth-order valence-electron chi connectivity index (χ4n) is 1.87. The van der Waals surface area contributed by atoms with Crippen LogP contribution in [0.25, 0.3) is 0 Å². The number of ether oxygens (including phenoxy) is 1. The Morgan fingerprint density at radius 2 is 1.74 bits per heavy atom. The third-order valence-corrected chi connectivity index (χ3v) is 3.89. The molecule has 1 nitrogen and oxygen atoms in total. The van der Waals surface area contributed by atoms with Crippen LogP contribution in [0, 0.1) is 18.6 Å². The van der Waals surface area contributed by atoms with Crippen LogP contribution in [0.1, 0.15) is 21.5 Å². The van der Waals surface area contributed by atoms with Crippen LogP contribution in [0.4, 0.5) is 8.78 Å². The number of alkyl halides is 1. The molecule has 2 aromatic carbocycles. The SMILES string of the molecule is COc1ccc(C(Br)c2cc(C)ccc2F)c(F)c1. The van der Waals surface area contributed by atoms with Gasteiger partial charge in [-0.25, -0.2) is 8.78 Å². The van der Waals surface area contributed by atoms with Gasteiger partial charge in [-0.1, -0.05) is 39.7 Å². The molecule has 0 fully saturated rings. The first-order valence-electron chi connectivity index (χ1n) is 5.76. The molecule has 1 unspecified atom stereocenters. The van der Waals surface area contributed by atoms with Crippen molar-refractivity contribution in [3.05, 3.63) is 64.7 Å². The third kappa shape index (κ3) is 2.95. The third-order valence-electron chi connectivity index (χ3n) is 2.91. The van der Waals surface area contributed by atoms with E-state index in [2.05, 4.69) is 15.9 Å². The van der Waals surface area contributed by atoms with Gasteiger partial charge in [0.1, 0.15) is 17.4 Å². The summed E-state index contributed by atoms with van der Waals surface area (Å²) in [5.41, 5.74) is 1.73. The van der Waals surface area contributed by atoms with Crippen molar-refractivity contribution in [1.82, 2.24) is 0 Å². The minimum absolute atomic E-state index is 0.359. The fourth-order valence-corrected chi connectivity index (χ4v) is 2.59. The highest BCUT2D eigenvalue weighted by Gasteiger charge is 2.18. The van der Waals surface area contributed by atoms with Gasteiger partial charge in [-0.3, -0.25) is 0 Å². The summed E-state index contributed by atoms with van der Waals surface area (Å²) in [5, 5.41) is 0. The normalized spacial score (nSPS) is 12.3. The van der Waals surface area contributed by atoms with Crippen molar-refractivity contribution >= 4 is 15.9 Å². The fraction of sp³-hybridized carbons (Fsp3) is 0.200. The average molecular weight is 327 g/mol. The highest BCUT2D eigenvalue weighted by Crippen LogP contribution is 2.35. The Kier molecular flexibility index (Phi) is 4.20. The molecule has 0 saturated heterocycles. The highest BCUT2D eigenvalue weighted by molar-refractivity contribution is 9.09. The number of hydrogen-bond donors (Lipinski definition) is 0. The van der Waals surface area contributed by atoms with Crippen molar-refractivity contribution in [2.45, 2.75) is 11.8 Å². The lowest BCUT2D eigenvalue weighted by Gasteiger charge is -2.14. The number of methoxy groups -OCH3 is 1. The zero-order valence-corrected chi connectivity index (χ0v) is 12.2. The summed E-state index contributed by atoms with van der Waals surface area (Å²) < 4.78 is 32.7. The van der Waals surface area contributed by atoms with E-state index in [0.717, 1.165) is 5.56 Å². The summed E-state index contributed by atoms with van der Waals surface area (Å²) in [6, 6.07) is 9.31. The van der Waals surface area contributed by atoms with Crippen molar-refractivity contribution < 1.29 is 13.5 Å². The molecule has 0 aliphatic carbocycles. The molecule has 4 heteroatoms. The molecule has 0 aliphatic heterocycles. The van der Waals surface area contributed by atoms with Crippen molar-refractivity contribution in [3.63, 3.8) is 0 Å². The second-order valence-corrected chi connectivity index (χ2v) is 5.19. The molecule has 0 radical (unpaired) electrons. The maximum atomic E-state index is 14.0. The van der Waals surface area contributed by atoms with Crippen molar-refractivity contribution in [2.75, 3.05) is 7.11 Å². The van der Waals surface area contributed by atoms with Crippen LogP contribution in [-0.2, 0) is 0 Å². The van der Waals surface area contributed by atoms with E-state index in [1.165, 1.54) is 19.2 Å². The van der Waals surface area contributed by atoms with E-state index < -0.39 is 10.6 Å². The summed E-state index contributed by atoms with van der Waals surface area (Å²) >= 11 is 3.36. The first kappa shape index (κ1) is 14.0. The summed E-state index contributed by atoms with van der Waals surface area (Å²) in [5.74, 6) is -0.351. The van der Waals surface area contributed by atoms with Gasteiger partial charge >= 0.3 is 0 Å². The lowest BCUT2D eigenvalue weighted by molar-refractivity contribution is 0.411. The number of rotatable bonds is 3. The second-order valence-electron chi connectivity index (χ2n) is 4.27. The summed E-state index contributed by atoms with van der Waals surface area (Å²) in [6.45, 7) is 1.87. The van der Waals surface area contributed by atoms with E-state index in [9.17, 15) is 8.78 Å². The standard InChI is InChI=1S/C15H13BrF2O/c1-9-3-6-13(17)12(7-9)15(16)11-5-4-10(19-2)8-14(11)18/h3-8,15H,1-2H3. The average Bonchev–Trinajstić information content (AvgIpc) is 2.40. The molecular formula is C15H13BrF2O. The van der Waals surface area contributed by atoms with E-state index in [1.807, 2.05) is 6.92 Å². The molecule has 0 N–H and O–H groups in total. The van der Waals surface area contributed by atoms with Crippen LogP contribution in [0.15, 0.2) is 36.4 Å². The Morgan fingerprint density at radius 3 is 2.37 bits per heavy atom. The predicted octanol–water partition coefficient (Wildman–Crippen LogP) is 4.77. The van der Waals surface area contributed by atoms with Crippen LogP contribution in [0.3, 0.4) is 0 Å². The Morgan fingerprint density at radius 1 is 1.00 bits per heavy atom. The van der Waals surface area contributed by atoms with Crippen LogP contribution >= 0.6 is 15.9 Å². The molecule has 0 saturated carbocycles. The topological polar surface area (TPSA) is 9.23 Å². The Bertz CT molecular complexity index is 599. The summed E-state index contributed by atoms with van der Waals surface area (Å²) in [6.07, 6.45) is 0. The monoisotopic (exact) mass is 326 g/mol. The van der Waals surface area contributed by atoms with Crippen LogP contribution < -0.4 is 4.74 Å². The van der Waals surface area contributed by atoms with Crippen LogP contribution in [0.2, 0.25) is 0 Å². The quantitative estimate of drug-likeness (QED) is 0.738. The van der Waals surface area contributed by atoms with Gasteiger partial charge < -0.3 is 4.74 Å². The predicted molar refractivity (Wildman–Crippen MR) is 74.9 cm³/mol. The van der Waals surface area contributed by atoms with Crippen molar-refractivity contribution in [2.24, 2.45) is 0 Å². The number of halogens is 3. The zero-order valence-electron chi connectivity index (χ0n) is 10.6. The number of aryl methyl sites for hydroxylation is 1. The van der Waals surface area contributed by atoms with E-state index in [4.69, 9.17) is 4.74 Å². The van der Waals surface area contributed by atoms with E-state index in [-0.39, 0.29) is 5.82 Å². The van der Waals surface area contributed by atoms with E-state index in [1.54, 1.807) is 24.3 Å². The van der Waals surface area contributed by atoms with Crippen LogP contribution in [-0.4, -0.2) is 7.11 Å². The van der Waals surface area contributed by atoms with Crippen LogP contribution in [0.5, 0.6) is 5.75 Å². The van der Waals surface area contributed by atoms with Crippen molar-refractivity contribution in [1.29, 1.82) is 0 Å². The van der Waals surface area contributed by atoms with Gasteiger partial charge in [-0.05, 0) is 19.1 Å². The molecular weight excluding hydrogens is 314 g/mol. The number of benzene rings is 2. The maximum Gasteiger partial charge on any atom is 0.131 e. The molecule has 100 valence electrons. The Hall–Kier alpha value is -1.42. The van der Waals surface area contributed by atoms with E-state index in [0.29, 0.717) is 16.9 Å². The second kappa shape index (κ2) is 5.70. The molecule has 1 atom stereocenters. The molecule has 0 spiro atoms. The van der Waals surface area contributed by atoms with Gasteiger partial charge in [-0.15, -0.1) is 0 Å². The Balaban J connectivity index is 2.43. The minimum Gasteiger partial charge on any atom is -0.497 e. The lowest BCUT2D eigenvalue weighted by Crippen LogP contribution is -2.00. The molecule has 0 heterocycles. The molecule has 0 bridgehead atoms. The minimum atomic E-state index is -0.529. The highest BCUT2D eigenvalue weighted by atomic mass is 79.9. The summed E-state index contributed by atoms with van der Waals surface area (Å²) in [7, 11) is 1.47. The first-order valence-corrected chi connectivity index (χ1v) is 6.68.